The van der Waals surface area contributed by atoms with Crippen LogP contribution in [0.15, 0.2) is 10.9 Å². The third kappa shape index (κ3) is 3.23. The molecule has 2 rings (SSSR count). The maximum atomic E-state index is 11.9. The molecule has 0 saturated carbocycles. The Bertz CT molecular complexity index is 594. The van der Waals surface area contributed by atoms with E-state index in [0.29, 0.717) is 0 Å². The van der Waals surface area contributed by atoms with Gasteiger partial charge in [-0.25, -0.2) is 4.68 Å². The second-order valence-electron chi connectivity index (χ2n) is 4.95. The summed E-state index contributed by atoms with van der Waals surface area (Å²) in [5.74, 6) is -1.66. The van der Waals surface area contributed by atoms with E-state index in [1.54, 1.807) is 0 Å². The standard InChI is InChI=1S/C13H17N3O4/c1-8(13(19)20)14-11(17)7-16-12(18)6-9-4-2-3-5-10(9)15-16/h6,8H,2-5,7H2,1H3,(H,14,17)(H,19,20)/t8-/m1/s1. The third-order valence-electron chi connectivity index (χ3n) is 3.32. The van der Waals surface area contributed by atoms with Crippen molar-refractivity contribution >= 4 is 11.9 Å². The van der Waals surface area contributed by atoms with Crippen molar-refractivity contribution in [2.75, 3.05) is 0 Å². The Morgan fingerprint density at radius 1 is 1.45 bits per heavy atom. The van der Waals surface area contributed by atoms with Crippen molar-refractivity contribution < 1.29 is 14.7 Å². The molecule has 1 aromatic heterocycles. The molecule has 0 radical (unpaired) electrons. The normalized spacial score (nSPS) is 15.2. The number of carboxylic acids is 1. The van der Waals surface area contributed by atoms with E-state index in [4.69, 9.17) is 5.11 Å². The fraction of sp³-hybridized carbons (Fsp3) is 0.538. The third-order valence-corrected chi connectivity index (χ3v) is 3.32. The van der Waals surface area contributed by atoms with Crippen molar-refractivity contribution in [3.63, 3.8) is 0 Å². The Morgan fingerprint density at radius 2 is 2.15 bits per heavy atom. The number of carbonyl (C=O) groups is 2. The summed E-state index contributed by atoms with van der Waals surface area (Å²) in [4.78, 5) is 34.2. The van der Waals surface area contributed by atoms with Gasteiger partial charge in [0.05, 0.1) is 5.69 Å². The van der Waals surface area contributed by atoms with Crippen molar-refractivity contribution in [3.05, 3.63) is 27.7 Å². The van der Waals surface area contributed by atoms with Gasteiger partial charge < -0.3 is 10.4 Å². The van der Waals surface area contributed by atoms with Gasteiger partial charge in [-0.15, -0.1) is 0 Å². The molecular weight excluding hydrogens is 262 g/mol. The van der Waals surface area contributed by atoms with Gasteiger partial charge >= 0.3 is 5.97 Å². The highest BCUT2D eigenvalue weighted by Gasteiger charge is 2.17. The number of nitrogens with zero attached hydrogens (tertiary/aromatic N) is 2. The summed E-state index contributed by atoms with van der Waals surface area (Å²) in [5.41, 5.74) is 1.48. The van der Waals surface area contributed by atoms with Gasteiger partial charge in [-0.3, -0.25) is 14.4 Å². The molecule has 1 aliphatic rings. The van der Waals surface area contributed by atoms with E-state index in [-0.39, 0.29) is 12.1 Å². The fourth-order valence-electron chi connectivity index (χ4n) is 2.20. The van der Waals surface area contributed by atoms with Crippen molar-refractivity contribution in [3.8, 4) is 0 Å². The van der Waals surface area contributed by atoms with Gasteiger partial charge in [-0.2, -0.15) is 5.10 Å². The summed E-state index contributed by atoms with van der Waals surface area (Å²) in [6.07, 6.45) is 3.73. The average Bonchev–Trinajstić information content (AvgIpc) is 2.39. The molecule has 1 amide bonds. The summed E-state index contributed by atoms with van der Waals surface area (Å²) in [5, 5.41) is 15.2. The molecule has 20 heavy (non-hydrogen) atoms. The molecule has 0 aliphatic heterocycles. The van der Waals surface area contributed by atoms with Crippen LogP contribution in [0.25, 0.3) is 0 Å². The molecule has 0 spiro atoms. The van der Waals surface area contributed by atoms with Crippen LogP contribution in [0.3, 0.4) is 0 Å². The van der Waals surface area contributed by atoms with Crippen LogP contribution in [0, 0.1) is 0 Å². The van der Waals surface area contributed by atoms with Crippen LogP contribution in [0.2, 0.25) is 0 Å². The van der Waals surface area contributed by atoms with Crippen molar-refractivity contribution in [1.29, 1.82) is 0 Å². The molecule has 0 bridgehead atoms. The Kier molecular flexibility index (Phi) is 4.16. The van der Waals surface area contributed by atoms with Crippen LogP contribution < -0.4 is 10.9 Å². The van der Waals surface area contributed by atoms with E-state index >= 15 is 0 Å². The highest BCUT2D eigenvalue weighted by atomic mass is 16.4. The zero-order valence-corrected chi connectivity index (χ0v) is 11.3. The number of carboxylic acid groups (broad SMARTS) is 1. The van der Waals surface area contributed by atoms with E-state index in [0.717, 1.165) is 41.6 Å². The quantitative estimate of drug-likeness (QED) is 0.788. The van der Waals surface area contributed by atoms with Crippen molar-refractivity contribution in [2.45, 2.75) is 45.2 Å². The van der Waals surface area contributed by atoms with E-state index in [9.17, 15) is 14.4 Å². The lowest BCUT2D eigenvalue weighted by Gasteiger charge is -2.16. The van der Waals surface area contributed by atoms with Gasteiger partial charge in [0, 0.05) is 6.07 Å². The number of hydrogen-bond donors (Lipinski definition) is 2. The molecule has 0 aromatic carbocycles. The van der Waals surface area contributed by atoms with E-state index in [1.165, 1.54) is 13.0 Å². The summed E-state index contributed by atoms with van der Waals surface area (Å²) < 4.78 is 1.09. The van der Waals surface area contributed by atoms with Gasteiger partial charge in [-0.1, -0.05) is 0 Å². The minimum atomic E-state index is -1.12. The largest absolute Gasteiger partial charge is 0.480 e. The SMILES string of the molecule is C[C@@H](NC(=O)Cn1nc2c(cc1=O)CCCC2)C(=O)O. The number of fused-ring (bicyclic) bond motifs is 1. The van der Waals surface area contributed by atoms with Gasteiger partial charge in [0.1, 0.15) is 12.6 Å². The van der Waals surface area contributed by atoms with Crippen molar-refractivity contribution in [1.82, 2.24) is 15.1 Å². The maximum absolute atomic E-state index is 11.9. The zero-order valence-electron chi connectivity index (χ0n) is 11.3. The van der Waals surface area contributed by atoms with E-state index in [1.807, 2.05) is 0 Å². The number of rotatable bonds is 4. The number of aromatic nitrogens is 2. The second-order valence-corrected chi connectivity index (χ2v) is 4.95. The number of nitrogens with one attached hydrogen (secondary N) is 1. The Balaban J connectivity index is 2.11. The molecule has 0 saturated heterocycles. The Labute approximate surface area is 115 Å². The summed E-state index contributed by atoms with van der Waals surface area (Å²) >= 11 is 0. The first kappa shape index (κ1) is 14.2. The molecule has 0 unspecified atom stereocenters. The first-order valence-corrected chi connectivity index (χ1v) is 6.59. The summed E-state index contributed by atoms with van der Waals surface area (Å²) in [6, 6.07) is 0.533. The Hall–Kier alpha value is -2.18. The number of hydrogen-bond acceptors (Lipinski definition) is 4. The van der Waals surface area contributed by atoms with Gasteiger partial charge in [-0.05, 0) is 38.2 Å². The zero-order chi connectivity index (χ0) is 14.7. The minimum absolute atomic E-state index is 0.260. The molecule has 1 aliphatic carbocycles. The first-order valence-electron chi connectivity index (χ1n) is 6.59. The highest BCUT2D eigenvalue weighted by Crippen LogP contribution is 2.16. The van der Waals surface area contributed by atoms with Crippen LogP contribution in [0.4, 0.5) is 0 Å². The van der Waals surface area contributed by atoms with Crippen LogP contribution in [-0.2, 0) is 29.0 Å². The molecule has 1 atom stereocenters. The molecular formula is C13H17N3O4. The number of amides is 1. The minimum Gasteiger partial charge on any atom is -0.480 e. The monoisotopic (exact) mass is 279 g/mol. The highest BCUT2D eigenvalue weighted by molar-refractivity contribution is 5.82. The van der Waals surface area contributed by atoms with Gasteiger partial charge in [0.15, 0.2) is 0 Å². The fourth-order valence-corrected chi connectivity index (χ4v) is 2.20. The molecule has 108 valence electrons. The summed E-state index contributed by atoms with van der Waals surface area (Å²) in [6.45, 7) is 1.10. The molecule has 1 heterocycles. The molecule has 0 fully saturated rings. The molecule has 7 nitrogen and oxygen atoms in total. The van der Waals surface area contributed by atoms with Crippen LogP contribution >= 0.6 is 0 Å². The van der Waals surface area contributed by atoms with E-state index in [2.05, 4.69) is 10.4 Å². The second kappa shape index (κ2) is 5.85. The predicted molar refractivity (Wildman–Crippen MR) is 70.4 cm³/mol. The number of carbonyl (C=O) groups excluding carboxylic acids is 1. The average molecular weight is 279 g/mol. The predicted octanol–water partition coefficient (Wildman–Crippen LogP) is -0.289. The van der Waals surface area contributed by atoms with Crippen molar-refractivity contribution in [2.24, 2.45) is 0 Å². The van der Waals surface area contributed by atoms with Gasteiger partial charge in [0.2, 0.25) is 5.91 Å². The Morgan fingerprint density at radius 3 is 2.85 bits per heavy atom. The lowest BCUT2D eigenvalue weighted by atomic mass is 9.97. The topological polar surface area (TPSA) is 101 Å². The molecule has 1 aromatic rings. The lowest BCUT2D eigenvalue weighted by molar-refractivity contribution is -0.141. The molecule has 7 heteroatoms. The van der Waals surface area contributed by atoms with Crippen LogP contribution in [0.1, 0.15) is 31.0 Å². The maximum Gasteiger partial charge on any atom is 0.325 e. The first-order chi connectivity index (χ1) is 9.47. The number of aliphatic carboxylic acids is 1. The summed E-state index contributed by atoms with van der Waals surface area (Å²) in [7, 11) is 0. The number of aryl methyl sites for hydroxylation is 2. The van der Waals surface area contributed by atoms with Gasteiger partial charge in [0.25, 0.3) is 5.56 Å². The smallest absolute Gasteiger partial charge is 0.325 e. The lowest BCUT2D eigenvalue weighted by Crippen LogP contribution is -2.42. The van der Waals surface area contributed by atoms with Crippen LogP contribution in [-0.4, -0.2) is 32.8 Å². The van der Waals surface area contributed by atoms with Crippen LogP contribution in [0.5, 0.6) is 0 Å². The molecule has 2 N–H and O–H groups in total. The van der Waals surface area contributed by atoms with E-state index < -0.39 is 17.9 Å².